The van der Waals surface area contributed by atoms with E-state index in [-0.39, 0.29) is 17.5 Å². The monoisotopic (exact) mass is 338 g/mol. The summed E-state index contributed by atoms with van der Waals surface area (Å²) >= 11 is 1.43. The second-order valence-electron chi connectivity index (χ2n) is 4.10. The number of hydrogen-bond donors (Lipinski definition) is 3. The van der Waals surface area contributed by atoms with E-state index in [4.69, 9.17) is 5.84 Å². The van der Waals surface area contributed by atoms with Crippen LogP contribution in [-0.4, -0.2) is 31.4 Å². The number of nitrogen functional groups attached to an aromatic ring is 1. The van der Waals surface area contributed by atoms with Gasteiger partial charge < -0.3 is 5.43 Å². The first-order chi connectivity index (χ1) is 9.72. The minimum atomic E-state index is -4.18. The van der Waals surface area contributed by atoms with E-state index in [0.29, 0.717) is 6.07 Å². The van der Waals surface area contributed by atoms with Crippen molar-refractivity contribution in [2.75, 3.05) is 18.2 Å². The largest absolute Gasteiger partial charge is 0.323 e. The van der Waals surface area contributed by atoms with Crippen molar-refractivity contribution < 1.29 is 17.7 Å². The maximum Gasteiger partial charge on any atom is 0.274 e. The third-order valence-electron chi connectivity index (χ3n) is 2.63. The Labute approximate surface area is 125 Å². The maximum atomic E-state index is 13.9. The molecule has 0 spiro atoms. The first-order valence-corrected chi connectivity index (χ1v) is 8.47. The standard InChI is InChI=1S/C10H15FN4O4S2/c1-6(20-2)5-13-21(18,19)10-8(11)3-7(15(16)17)4-9(10)14-12/h3-4,6,13-14H,5,12H2,1-2H3. The lowest BCUT2D eigenvalue weighted by atomic mass is 10.3. The summed E-state index contributed by atoms with van der Waals surface area (Å²) in [6, 6.07) is 1.39. The van der Waals surface area contributed by atoms with Gasteiger partial charge in [-0.05, 0) is 6.26 Å². The quantitative estimate of drug-likeness (QED) is 0.385. The Balaban J connectivity index is 3.25. The number of nitro benzene ring substituents is 1. The summed E-state index contributed by atoms with van der Waals surface area (Å²) in [5.74, 6) is 3.88. The van der Waals surface area contributed by atoms with Crippen LogP contribution >= 0.6 is 11.8 Å². The normalized spacial score (nSPS) is 13.0. The van der Waals surface area contributed by atoms with Crippen molar-refractivity contribution in [3.63, 3.8) is 0 Å². The van der Waals surface area contributed by atoms with Gasteiger partial charge in [0.1, 0.15) is 4.90 Å². The highest BCUT2D eigenvalue weighted by Gasteiger charge is 2.27. The molecule has 0 amide bonds. The molecule has 0 heterocycles. The van der Waals surface area contributed by atoms with Crippen LogP contribution in [0.1, 0.15) is 6.92 Å². The Morgan fingerprint density at radius 2 is 2.14 bits per heavy atom. The highest BCUT2D eigenvalue weighted by Crippen LogP contribution is 2.29. The molecule has 8 nitrogen and oxygen atoms in total. The molecule has 11 heteroatoms. The molecule has 0 aliphatic heterocycles. The van der Waals surface area contributed by atoms with Crippen molar-refractivity contribution in [1.82, 2.24) is 4.72 Å². The van der Waals surface area contributed by atoms with Crippen LogP contribution in [0.25, 0.3) is 0 Å². The molecule has 1 unspecified atom stereocenters. The minimum absolute atomic E-state index is 0.0184. The summed E-state index contributed by atoms with van der Waals surface area (Å²) in [5, 5.41) is 10.6. The molecule has 1 rings (SSSR count). The number of nitrogens with two attached hydrogens (primary N) is 1. The molecule has 1 aromatic rings. The zero-order valence-corrected chi connectivity index (χ0v) is 12.9. The van der Waals surface area contributed by atoms with E-state index >= 15 is 0 Å². The third kappa shape index (κ3) is 4.27. The van der Waals surface area contributed by atoms with E-state index < -0.39 is 31.3 Å². The van der Waals surface area contributed by atoms with Gasteiger partial charge in [0.25, 0.3) is 5.69 Å². The molecular weight excluding hydrogens is 323 g/mol. The molecule has 0 aromatic heterocycles. The molecule has 1 aromatic carbocycles. The molecule has 118 valence electrons. The van der Waals surface area contributed by atoms with Gasteiger partial charge in [-0.25, -0.2) is 17.5 Å². The maximum absolute atomic E-state index is 13.9. The summed E-state index contributed by atoms with van der Waals surface area (Å²) in [5.41, 5.74) is 0.987. The molecule has 0 fully saturated rings. The lowest BCUT2D eigenvalue weighted by Crippen LogP contribution is -2.31. The number of nitrogens with one attached hydrogen (secondary N) is 2. The van der Waals surface area contributed by atoms with Gasteiger partial charge in [-0.1, -0.05) is 6.92 Å². The number of rotatable bonds is 7. The van der Waals surface area contributed by atoms with Crippen LogP contribution in [0.5, 0.6) is 0 Å². The van der Waals surface area contributed by atoms with E-state index in [2.05, 4.69) is 4.72 Å². The molecule has 4 N–H and O–H groups in total. The second kappa shape index (κ2) is 7.02. The molecule has 1 atom stereocenters. The van der Waals surface area contributed by atoms with Crippen molar-refractivity contribution in [3.05, 3.63) is 28.1 Å². The fourth-order valence-electron chi connectivity index (χ4n) is 1.45. The number of sulfonamides is 1. The smallest absolute Gasteiger partial charge is 0.274 e. The van der Waals surface area contributed by atoms with Crippen molar-refractivity contribution in [1.29, 1.82) is 0 Å². The fourth-order valence-corrected chi connectivity index (χ4v) is 3.14. The molecule has 21 heavy (non-hydrogen) atoms. The molecule has 0 bridgehead atoms. The van der Waals surface area contributed by atoms with E-state index in [9.17, 15) is 22.9 Å². The number of anilines is 1. The van der Waals surface area contributed by atoms with Gasteiger partial charge in [-0.2, -0.15) is 11.8 Å². The zero-order valence-electron chi connectivity index (χ0n) is 11.3. The summed E-state index contributed by atoms with van der Waals surface area (Å²) in [7, 11) is -4.18. The number of benzene rings is 1. The number of nitro groups is 1. The summed E-state index contributed by atoms with van der Waals surface area (Å²) in [4.78, 5) is 9.05. The van der Waals surface area contributed by atoms with E-state index in [1.807, 2.05) is 5.43 Å². The molecule has 0 aliphatic carbocycles. The Morgan fingerprint density at radius 3 is 2.62 bits per heavy atom. The van der Waals surface area contributed by atoms with Crippen LogP contribution in [0.2, 0.25) is 0 Å². The first kappa shape index (κ1) is 17.6. The predicted octanol–water partition coefficient (Wildman–Crippen LogP) is 1.05. The SMILES string of the molecule is CSC(C)CNS(=O)(=O)c1c(F)cc([N+](=O)[O-])cc1NN. The number of non-ortho nitro benzene ring substituents is 1. The van der Waals surface area contributed by atoms with Crippen molar-refractivity contribution in [2.45, 2.75) is 17.1 Å². The van der Waals surface area contributed by atoms with Gasteiger partial charge in [0.15, 0.2) is 5.82 Å². The Morgan fingerprint density at radius 1 is 1.52 bits per heavy atom. The summed E-state index contributed by atoms with van der Waals surface area (Å²) in [6.07, 6.45) is 1.80. The first-order valence-electron chi connectivity index (χ1n) is 5.70. The van der Waals surface area contributed by atoms with Gasteiger partial charge in [0, 0.05) is 17.9 Å². The van der Waals surface area contributed by atoms with Crippen LogP contribution in [0.3, 0.4) is 0 Å². The molecular formula is C10H15FN4O4S2. The Hall–Kier alpha value is -1.43. The average Bonchev–Trinajstić information content (AvgIpc) is 2.43. The van der Waals surface area contributed by atoms with Crippen LogP contribution in [-0.2, 0) is 10.0 Å². The zero-order chi connectivity index (χ0) is 16.2. The van der Waals surface area contributed by atoms with Crippen LogP contribution in [0, 0.1) is 15.9 Å². The summed E-state index contributed by atoms with van der Waals surface area (Å²) in [6.45, 7) is 1.88. The van der Waals surface area contributed by atoms with Gasteiger partial charge in [0.2, 0.25) is 10.0 Å². The third-order valence-corrected chi connectivity index (χ3v) is 5.10. The number of hydrogen-bond acceptors (Lipinski definition) is 7. The van der Waals surface area contributed by atoms with Crippen molar-refractivity contribution in [3.8, 4) is 0 Å². The lowest BCUT2D eigenvalue weighted by molar-refractivity contribution is -0.385. The van der Waals surface area contributed by atoms with Gasteiger partial charge >= 0.3 is 0 Å². The second-order valence-corrected chi connectivity index (χ2v) is 7.08. The number of thioether (sulfide) groups is 1. The Bertz CT molecular complexity index is 638. The van der Waals surface area contributed by atoms with Crippen LogP contribution in [0.15, 0.2) is 17.0 Å². The van der Waals surface area contributed by atoms with Crippen molar-refractivity contribution >= 4 is 33.2 Å². The number of hydrazine groups is 1. The van der Waals surface area contributed by atoms with E-state index in [1.165, 1.54) is 11.8 Å². The van der Waals surface area contributed by atoms with Gasteiger partial charge in [0.05, 0.1) is 16.7 Å². The van der Waals surface area contributed by atoms with E-state index in [1.54, 1.807) is 13.2 Å². The highest BCUT2D eigenvalue weighted by molar-refractivity contribution is 7.99. The van der Waals surface area contributed by atoms with Gasteiger partial charge in [-0.3, -0.25) is 16.0 Å². The molecule has 0 saturated carbocycles. The molecule has 0 radical (unpaired) electrons. The number of halogens is 1. The average molecular weight is 338 g/mol. The van der Waals surface area contributed by atoms with Crippen molar-refractivity contribution in [2.24, 2.45) is 5.84 Å². The molecule has 0 aliphatic rings. The van der Waals surface area contributed by atoms with Crippen LogP contribution in [0.4, 0.5) is 15.8 Å². The summed E-state index contributed by atoms with van der Waals surface area (Å²) < 4.78 is 40.4. The lowest BCUT2D eigenvalue weighted by Gasteiger charge is -2.14. The minimum Gasteiger partial charge on any atom is -0.323 e. The predicted molar refractivity (Wildman–Crippen MR) is 79.0 cm³/mol. The van der Waals surface area contributed by atoms with Crippen LogP contribution < -0.4 is 16.0 Å². The fraction of sp³-hybridized carbons (Fsp3) is 0.400. The topological polar surface area (TPSA) is 127 Å². The molecule has 0 saturated heterocycles. The Kier molecular flexibility index (Phi) is 5.89. The van der Waals surface area contributed by atoms with Gasteiger partial charge in [-0.15, -0.1) is 0 Å². The van der Waals surface area contributed by atoms with E-state index in [0.717, 1.165) is 6.07 Å². The highest BCUT2D eigenvalue weighted by atomic mass is 32.2. The number of nitrogens with zero attached hydrogens (tertiary/aromatic N) is 1.